The van der Waals surface area contributed by atoms with Gasteiger partial charge in [-0.05, 0) is 37.3 Å². The van der Waals surface area contributed by atoms with Gasteiger partial charge in [0.2, 0.25) is 11.7 Å². The quantitative estimate of drug-likeness (QED) is 0.473. The van der Waals surface area contributed by atoms with E-state index >= 15 is 0 Å². The normalized spacial score (nSPS) is 12.6. The molecule has 0 fully saturated rings. The van der Waals surface area contributed by atoms with E-state index in [-0.39, 0.29) is 16.4 Å². The molecule has 1 N–H and O–H groups in total. The first-order valence-electron chi connectivity index (χ1n) is 8.74. The van der Waals surface area contributed by atoms with Gasteiger partial charge in [-0.25, -0.2) is 9.97 Å². The molecule has 0 aliphatic heterocycles. The Hall–Kier alpha value is -2.81. The maximum Gasteiger partial charge on any atom is 0.451 e. The van der Waals surface area contributed by atoms with Gasteiger partial charge < -0.3 is 10.2 Å². The van der Waals surface area contributed by atoms with Crippen molar-refractivity contribution in [2.24, 2.45) is 0 Å². The fourth-order valence-corrected chi connectivity index (χ4v) is 3.51. The fourth-order valence-electron chi connectivity index (χ4n) is 2.57. The first-order valence-corrected chi connectivity index (χ1v) is 9.62. The molecule has 0 saturated heterocycles. The van der Waals surface area contributed by atoms with Crippen molar-refractivity contribution >= 4 is 39.9 Å². The summed E-state index contributed by atoms with van der Waals surface area (Å²) in [6.45, 7) is 1.62. The van der Waals surface area contributed by atoms with Crippen LogP contribution in [0.15, 0.2) is 53.6 Å². The topological polar surface area (TPSA) is 58.1 Å². The Balaban J connectivity index is 1.81. The molecule has 5 nitrogen and oxygen atoms in total. The number of hydrogen-bond donors (Lipinski definition) is 1. The van der Waals surface area contributed by atoms with E-state index in [0.29, 0.717) is 11.1 Å². The number of amides is 1. The van der Waals surface area contributed by atoms with Gasteiger partial charge in [0.1, 0.15) is 5.03 Å². The molecule has 0 saturated carbocycles. The molecule has 2 aromatic carbocycles. The highest BCUT2D eigenvalue weighted by Gasteiger charge is 2.35. The molecule has 9 heteroatoms. The Kier molecular flexibility index (Phi) is 5.97. The predicted octanol–water partition coefficient (Wildman–Crippen LogP) is 4.83. The molecule has 29 heavy (non-hydrogen) atoms. The number of fused-ring (bicyclic) bond motifs is 1. The molecule has 1 amide bonds. The number of carbonyl (C=O) groups excluding carboxylic acids is 1. The number of nitrogens with one attached hydrogen (secondary N) is 1. The van der Waals surface area contributed by atoms with E-state index in [1.54, 1.807) is 37.3 Å². The number of hydrogen-bond acceptors (Lipinski definition) is 5. The molecule has 1 heterocycles. The van der Waals surface area contributed by atoms with Crippen LogP contribution in [0.3, 0.4) is 0 Å². The Labute approximate surface area is 170 Å². The molecule has 1 atom stereocenters. The Bertz CT molecular complexity index is 1020. The van der Waals surface area contributed by atoms with Crippen LogP contribution in [0.2, 0.25) is 0 Å². The van der Waals surface area contributed by atoms with E-state index in [1.165, 1.54) is 6.07 Å². The minimum atomic E-state index is -4.67. The van der Waals surface area contributed by atoms with Crippen LogP contribution < -0.4 is 10.2 Å². The van der Waals surface area contributed by atoms with Gasteiger partial charge in [-0.3, -0.25) is 4.79 Å². The van der Waals surface area contributed by atoms with E-state index < -0.39 is 17.3 Å². The zero-order valence-corrected chi connectivity index (χ0v) is 16.8. The summed E-state index contributed by atoms with van der Waals surface area (Å²) < 4.78 is 39.5. The monoisotopic (exact) mass is 420 g/mol. The average molecular weight is 420 g/mol. The highest BCUT2D eigenvalue weighted by molar-refractivity contribution is 8.00. The van der Waals surface area contributed by atoms with Gasteiger partial charge in [-0.15, -0.1) is 0 Å². The Morgan fingerprint density at radius 3 is 2.34 bits per heavy atom. The van der Waals surface area contributed by atoms with Crippen molar-refractivity contribution < 1.29 is 18.0 Å². The second-order valence-corrected chi connectivity index (χ2v) is 7.89. The molecule has 0 spiro atoms. The summed E-state index contributed by atoms with van der Waals surface area (Å²) in [5.74, 6) is -1.55. The highest BCUT2D eigenvalue weighted by atomic mass is 32.2. The third kappa shape index (κ3) is 4.97. The van der Waals surface area contributed by atoms with Gasteiger partial charge >= 0.3 is 6.18 Å². The first kappa shape index (κ1) is 20.9. The Morgan fingerprint density at radius 1 is 1.07 bits per heavy atom. The summed E-state index contributed by atoms with van der Waals surface area (Å²) in [4.78, 5) is 21.7. The maximum absolute atomic E-state index is 13.2. The van der Waals surface area contributed by atoms with Crippen LogP contribution in [-0.4, -0.2) is 35.2 Å². The predicted molar refractivity (Wildman–Crippen MR) is 109 cm³/mol. The fraction of sp³-hybridized carbons (Fsp3) is 0.250. The van der Waals surface area contributed by atoms with E-state index in [2.05, 4.69) is 15.3 Å². The molecule has 0 radical (unpaired) electrons. The van der Waals surface area contributed by atoms with Crippen LogP contribution in [-0.2, 0) is 11.0 Å². The van der Waals surface area contributed by atoms with E-state index in [9.17, 15) is 18.0 Å². The number of halogens is 3. The van der Waals surface area contributed by atoms with E-state index in [4.69, 9.17) is 0 Å². The van der Waals surface area contributed by atoms with Crippen molar-refractivity contribution in [1.29, 1.82) is 0 Å². The lowest BCUT2D eigenvalue weighted by atomic mass is 10.2. The number of para-hydroxylation sites is 1. The summed E-state index contributed by atoms with van der Waals surface area (Å²) in [6, 6.07) is 13.7. The van der Waals surface area contributed by atoms with Crippen molar-refractivity contribution in [2.75, 3.05) is 24.3 Å². The number of carbonyl (C=O) groups is 1. The largest absolute Gasteiger partial charge is 0.451 e. The van der Waals surface area contributed by atoms with Crippen LogP contribution in [0, 0.1) is 0 Å². The van der Waals surface area contributed by atoms with Crippen LogP contribution in [0.4, 0.5) is 24.5 Å². The van der Waals surface area contributed by atoms with Crippen molar-refractivity contribution in [1.82, 2.24) is 9.97 Å². The summed E-state index contributed by atoms with van der Waals surface area (Å²) in [7, 11) is 3.82. The minimum absolute atomic E-state index is 0.119. The van der Waals surface area contributed by atoms with Crippen LogP contribution in [0.25, 0.3) is 10.9 Å². The second kappa shape index (κ2) is 8.28. The number of anilines is 2. The smallest absolute Gasteiger partial charge is 0.378 e. The van der Waals surface area contributed by atoms with Gasteiger partial charge in [0.25, 0.3) is 0 Å². The molecule has 1 unspecified atom stereocenters. The number of alkyl halides is 3. The van der Waals surface area contributed by atoms with Crippen LogP contribution in [0.1, 0.15) is 12.7 Å². The zero-order valence-electron chi connectivity index (χ0n) is 16.0. The molecule has 3 aromatic rings. The number of rotatable bonds is 5. The standard InChI is InChI=1S/C20H19F3N4OS/c1-12(17(28)24-13-8-10-14(11-9-13)27(2)3)29-18-15-6-4-5-7-16(15)25-19(26-18)20(21,22)23/h4-12H,1-3H3,(H,24,28). The summed E-state index contributed by atoms with van der Waals surface area (Å²) in [5.41, 5.74) is 1.78. The maximum atomic E-state index is 13.2. The zero-order chi connectivity index (χ0) is 21.2. The molecule has 0 aliphatic carbocycles. The summed E-state index contributed by atoms with van der Waals surface area (Å²) in [5, 5.41) is 2.70. The van der Waals surface area contributed by atoms with Gasteiger partial charge in [0.15, 0.2) is 0 Å². The summed E-state index contributed by atoms with van der Waals surface area (Å²) >= 11 is 0.967. The third-order valence-electron chi connectivity index (χ3n) is 4.13. The van der Waals surface area contributed by atoms with Crippen molar-refractivity contribution in [3.05, 3.63) is 54.4 Å². The van der Waals surface area contributed by atoms with Gasteiger partial charge in [0.05, 0.1) is 10.8 Å². The third-order valence-corrected chi connectivity index (χ3v) is 5.23. The lowest BCUT2D eigenvalue weighted by Gasteiger charge is -2.15. The van der Waals surface area contributed by atoms with Crippen LogP contribution in [0.5, 0.6) is 0 Å². The summed E-state index contributed by atoms with van der Waals surface area (Å²) in [6.07, 6.45) is -4.67. The molecule has 3 rings (SSSR count). The number of aromatic nitrogens is 2. The van der Waals surface area contributed by atoms with Gasteiger partial charge in [-0.1, -0.05) is 30.0 Å². The molecule has 152 valence electrons. The van der Waals surface area contributed by atoms with Crippen molar-refractivity contribution in [2.45, 2.75) is 23.4 Å². The van der Waals surface area contributed by atoms with E-state index in [0.717, 1.165) is 17.4 Å². The number of thioether (sulfide) groups is 1. The molecule has 1 aromatic heterocycles. The first-order chi connectivity index (χ1) is 13.6. The minimum Gasteiger partial charge on any atom is -0.378 e. The van der Waals surface area contributed by atoms with Gasteiger partial charge in [0, 0.05) is 30.9 Å². The van der Waals surface area contributed by atoms with Gasteiger partial charge in [-0.2, -0.15) is 13.2 Å². The van der Waals surface area contributed by atoms with E-state index in [1.807, 2.05) is 31.1 Å². The van der Waals surface area contributed by atoms with Crippen LogP contribution >= 0.6 is 11.8 Å². The number of benzene rings is 2. The average Bonchev–Trinajstić information content (AvgIpc) is 2.67. The molecular weight excluding hydrogens is 401 g/mol. The second-order valence-electron chi connectivity index (χ2n) is 6.56. The number of nitrogens with zero attached hydrogens (tertiary/aromatic N) is 3. The highest BCUT2D eigenvalue weighted by Crippen LogP contribution is 2.33. The SMILES string of the molecule is CC(Sc1nc(C(F)(F)F)nc2ccccc12)C(=O)Nc1ccc(N(C)C)cc1. The van der Waals surface area contributed by atoms with Crippen molar-refractivity contribution in [3.8, 4) is 0 Å². The molecular formula is C20H19F3N4OS. The lowest BCUT2D eigenvalue weighted by molar-refractivity contribution is -0.145. The lowest BCUT2D eigenvalue weighted by Crippen LogP contribution is -2.23. The molecule has 0 aliphatic rings. The molecule has 0 bridgehead atoms. The van der Waals surface area contributed by atoms with Crippen molar-refractivity contribution in [3.63, 3.8) is 0 Å². The Morgan fingerprint density at radius 2 is 1.72 bits per heavy atom.